The van der Waals surface area contributed by atoms with Crippen molar-refractivity contribution < 1.29 is 9.22 Å². The molecule has 0 aromatic heterocycles. The van der Waals surface area contributed by atoms with Gasteiger partial charge in [0.15, 0.2) is 0 Å². The van der Waals surface area contributed by atoms with Crippen molar-refractivity contribution in [2.75, 3.05) is 0 Å². The molecule has 0 N–H and O–H groups in total. The average Bonchev–Trinajstić information content (AvgIpc) is 2.63. The zero-order valence-electron chi connectivity index (χ0n) is 20.5. The molecule has 4 heteroatoms. The van der Waals surface area contributed by atoms with Crippen LogP contribution in [0.5, 0.6) is 0 Å². The van der Waals surface area contributed by atoms with Gasteiger partial charge in [-0.2, -0.15) is 0 Å². The Morgan fingerprint density at radius 2 is 1.39 bits per heavy atom. The van der Waals surface area contributed by atoms with Gasteiger partial charge in [-0.05, 0) is 0 Å². The number of allylic oxidation sites excluding steroid dienone is 2. The number of unbranched alkanes of at least 4 members (excludes halogenated alkanes) is 3. The van der Waals surface area contributed by atoms with E-state index >= 15 is 0 Å². The molecule has 28 heavy (non-hydrogen) atoms. The minimum absolute atomic E-state index is 0.195. The van der Waals surface area contributed by atoms with Gasteiger partial charge < -0.3 is 0 Å². The van der Waals surface area contributed by atoms with E-state index in [0.717, 1.165) is 18.5 Å². The van der Waals surface area contributed by atoms with Crippen LogP contribution in [0.1, 0.15) is 92.9 Å². The number of rotatable bonds is 16. The third-order valence-electron chi connectivity index (χ3n) is 6.65. The van der Waals surface area contributed by atoms with Gasteiger partial charge in [-0.1, -0.05) is 0 Å². The van der Waals surface area contributed by atoms with Crippen molar-refractivity contribution in [1.82, 2.24) is 0 Å². The first-order valence-electron chi connectivity index (χ1n) is 11.9. The second kappa shape index (κ2) is 14.3. The second-order valence-electron chi connectivity index (χ2n) is 10.3. The first kappa shape index (κ1) is 28.2. The molecule has 0 amide bonds. The van der Waals surface area contributed by atoms with Crippen LogP contribution >= 0.6 is 0 Å². The summed E-state index contributed by atoms with van der Waals surface area (Å²) in [6.45, 7) is 18.5. The second-order valence-corrected chi connectivity index (χ2v) is 29.0. The minimum atomic E-state index is -2.19. The predicted molar refractivity (Wildman–Crippen MR) is 131 cm³/mol. The van der Waals surface area contributed by atoms with Crippen LogP contribution in [0.15, 0.2) is 11.8 Å². The van der Waals surface area contributed by atoms with Crippen LogP contribution in [0.4, 0.5) is 0 Å². The van der Waals surface area contributed by atoms with Gasteiger partial charge in [0, 0.05) is 0 Å². The van der Waals surface area contributed by atoms with E-state index < -0.39 is 26.7 Å². The molecule has 166 valence electrons. The molecule has 0 aromatic carbocycles. The SMILES string of the molecule is CCC[CH2][Sn]([CH2]/C=C(\CCC=O)O[Si](C)(C)C(C)(C)C)([CH2]CCC)[CH2]CCC. The van der Waals surface area contributed by atoms with E-state index in [-0.39, 0.29) is 5.04 Å². The molecule has 0 unspecified atom stereocenters. The van der Waals surface area contributed by atoms with Gasteiger partial charge in [0.25, 0.3) is 0 Å². The third-order valence-corrected chi connectivity index (χ3v) is 26.2. The van der Waals surface area contributed by atoms with Gasteiger partial charge in [-0.15, -0.1) is 0 Å². The fourth-order valence-corrected chi connectivity index (χ4v) is 19.9. The topological polar surface area (TPSA) is 26.3 Å². The summed E-state index contributed by atoms with van der Waals surface area (Å²) in [5.74, 6) is 1.13. The Labute approximate surface area is 182 Å². The van der Waals surface area contributed by atoms with Gasteiger partial charge in [0.2, 0.25) is 0 Å². The summed E-state index contributed by atoms with van der Waals surface area (Å²) in [5.41, 5.74) is 0. The number of carbonyl (C=O) groups excluding carboxylic acids is 1. The van der Waals surface area contributed by atoms with Gasteiger partial charge in [-0.3, -0.25) is 0 Å². The van der Waals surface area contributed by atoms with Gasteiger partial charge in [0.05, 0.1) is 0 Å². The Balaban J connectivity index is 5.59. The fourth-order valence-electron chi connectivity index (χ4n) is 3.54. The molecule has 0 spiro atoms. The van der Waals surface area contributed by atoms with E-state index in [1.807, 2.05) is 0 Å². The van der Waals surface area contributed by atoms with Crippen LogP contribution in [-0.2, 0) is 9.22 Å². The molecule has 0 aromatic rings. The van der Waals surface area contributed by atoms with Crippen molar-refractivity contribution in [3.8, 4) is 0 Å². The summed E-state index contributed by atoms with van der Waals surface area (Å²) in [6.07, 6.45) is 13.1. The van der Waals surface area contributed by atoms with Crippen molar-refractivity contribution in [2.24, 2.45) is 0 Å². The Bertz CT molecular complexity index is 430. The van der Waals surface area contributed by atoms with Crippen LogP contribution in [0, 0.1) is 0 Å². The van der Waals surface area contributed by atoms with Crippen LogP contribution < -0.4 is 0 Å². The number of aldehydes is 1. The molecule has 0 aliphatic rings. The van der Waals surface area contributed by atoms with E-state index in [4.69, 9.17) is 4.43 Å². The van der Waals surface area contributed by atoms with Crippen molar-refractivity contribution >= 4 is 33.0 Å². The number of hydrogen-bond donors (Lipinski definition) is 0. The van der Waals surface area contributed by atoms with E-state index in [1.54, 1.807) is 0 Å². The van der Waals surface area contributed by atoms with E-state index in [0.29, 0.717) is 6.42 Å². The Hall–Kier alpha value is 0.226. The van der Waals surface area contributed by atoms with Crippen LogP contribution in [-0.4, -0.2) is 33.0 Å². The summed E-state index contributed by atoms with van der Waals surface area (Å²) in [7, 11) is -1.85. The van der Waals surface area contributed by atoms with Gasteiger partial charge >= 0.3 is 183 Å². The molecule has 0 aliphatic heterocycles. The predicted octanol–water partition coefficient (Wildman–Crippen LogP) is 8.72. The first-order chi connectivity index (χ1) is 13.1. The molecule has 0 bridgehead atoms. The summed E-state index contributed by atoms with van der Waals surface area (Å²) < 4.78 is 12.6. The van der Waals surface area contributed by atoms with Crippen molar-refractivity contribution in [2.45, 2.75) is 129 Å². The number of carbonyl (C=O) groups is 1. The normalized spacial score (nSPS) is 13.6. The molecule has 0 saturated heterocycles. The quantitative estimate of drug-likeness (QED) is 0.116. The summed E-state index contributed by atoms with van der Waals surface area (Å²) in [6, 6.07) is 0. The molecule has 0 atom stereocenters. The molecule has 2 nitrogen and oxygen atoms in total. The monoisotopic (exact) mass is 518 g/mol. The standard InChI is InChI=1S/C12H23O2Si.3C4H9.Sn/c1-7-11(9-8-10-13)14-15(5,6)12(2,3)4;3*1-3-4-2;/h7,10H,1,8-9H2,2-6H3;3*1,3-4H2,2H3;/b11-7+;;;;. The summed E-state index contributed by atoms with van der Waals surface area (Å²) in [5, 5.41) is 0.195. The molecular formula is C24H50O2SiSn. The van der Waals surface area contributed by atoms with Gasteiger partial charge in [-0.25, -0.2) is 0 Å². The van der Waals surface area contributed by atoms with Gasteiger partial charge in [0.1, 0.15) is 0 Å². The first-order valence-corrected chi connectivity index (χ1v) is 22.9. The van der Waals surface area contributed by atoms with Crippen molar-refractivity contribution in [3.05, 3.63) is 11.8 Å². The molecular weight excluding hydrogens is 467 g/mol. The van der Waals surface area contributed by atoms with E-state index in [9.17, 15) is 4.79 Å². The molecule has 0 heterocycles. The zero-order valence-corrected chi connectivity index (χ0v) is 24.3. The van der Waals surface area contributed by atoms with Crippen molar-refractivity contribution in [3.63, 3.8) is 0 Å². The Morgan fingerprint density at radius 1 is 0.929 bits per heavy atom. The van der Waals surface area contributed by atoms with E-state index in [1.165, 1.54) is 56.3 Å². The fraction of sp³-hybridized carbons (Fsp3) is 0.875. The molecule has 0 fully saturated rings. The molecule has 0 rings (SSSR count). The third kappa shape index (κ3) is 10.8. The molecule has 0 saturated carbocycles. The van der Waals surface area contributed by atoms with Crippen LogP contribution in [0.2, 0.25) is 35.9 Å². The van der Waals surface area contributed by atoms with Crippen LogP contribution in [0.3, 0.4) is 0 Å². The Morgan fingerprint density at radius 3 is 1.75 bits per heavy atom. The molecule has 0 aliphatic carbocycles. The van der Waals surface area contributed by atoms with Crippen molar-refractivity contribution in [1.29, 1.82) is 0 Å². The zero-order chi connectivity index (χ0) is 21.7. The Kier molecular flexibility index (Phi) is 14.4. The van der Waals surface area contributed by atoms with E-state index in [2.05, 4.69) is 60.7 Å². The summed E-state index contributed by atoms with van der Waals surface area (Å²) >= 11 is -2.19. The maximum atomic E-state index is 11.0. The average molecular weight is 517 g/mol. The molecule has 0 radical (unpaired) electrons. The maximum absolute atomic E-state index is 11.0. The van der Waals surface area contributed by atoms with Crippen LogP contribution in [0.25, 0.3) is 0 Å². The summed E-state index contributed by atoms with van der Waals surface area (Å²) in [4.78, 5) is 11.0. The number of hydrogen-bond acceptors (Lipinski definition) is 2.